The molecule has 0 aliphatic carbocycles. The van der Waals surface area contributed by atoms with Crippen LogP contribution in [0.25, 0.3) is 0 Å². The van der Waals surface area contributed by atoms with Gasteiger partial charge in [0.15, 0.2) is 0 Å². The summed E-state index contributed by atoms with van der Waals surface area (Å²) >= 11 is 9.44. The molecule has 1 nitrogen and oxygen atoms in total. The minimum Gasteiger partial charge on any atom is -0.355 e. The van der Waals surface area contributed by atoms with Gasteiger partial charge in [-0.2, -0.15) is 0 Å². The van der Waals surface area contributed by atoms with Crippen molar-refractivity contribution in [2.75, 3.05) is 6.54 Å². The lowest BCUT2D eigenvalue weighted by Crippen LogP contribution is -2.33. The molecule has 0 rings (SSSR count). The molecule has 0 spiro atoms. The number of rotatable bonds is 12. The van der Waals surface area contributed by atoms with Crippen LogP contribution < -0.4 is 0 Å². The summed E-state index contributed by atoms with van der Waals surface area (Å²) in [6, 6.07) is 0.476. The number of hydrogen-bond acceptors (Lipinski definition) is 1. The molecule has 0 radical (unpaired) electrons. The number of unbranched alkanes of at least 4 members (excludes halogenated alkanes) is 9. The second-order valence-electron chi connectivity index (χ2n) is 5.75. The van der Waals surface area contributed by atoms with Gasteiger partial charge in [0.2, 0.25) is 0 Å². The van der Waals surface area contributed by atoms with E-state index >= 15 is 0 Å². The zero-order valence-electron chi connectivity index (χ0n) is 13.2. The highest BCUT2D eigenvalue weighted by Crippen LogP contribution is 2.12. The molecule has 0 N–H and O–H groups in total. The van der Waals surface area contributed by atoms with Crippen LogP contribution in [0.1, 0.15) is 85.0 Å². The van der Waals surface area contributed by atoms with Gasteiger partial charge < -0.3 is 4.90 Å². The van der Waals surface area contributed by atoms with E-state index in [0.29, 0.717) is 6.04 Å². The molecule has 0 aliphatic heterocycles. The average Bonchev–Trinajstić information content (AvgIpc) is 2.35. The first kappa shape index (κ1) is 19.2. The van der Waals surface area contributed by atoms with Crippen LogP contribution in [0.5, 0.6) is 0 Å². The number of thiocarbonyl (C=S) groups is 1. The third kappa shape index (κ3) is 11.7. The Labute approximate surface area is 131 Å². The van der Waals surface area contributed by atoms with E-state index in [4.69, 9.17) is 12.2 Å². The van der Waals surface area contributed by atoms with Gasteiger partial charge in [0, 0.05) is 12.6 Å². The smallest absolute Gasteiger partial charge is 0.133 e. The largest absolute Gasteiger partial charge is 0.355 e. The zero-order chi connectivity index (χ0) is 14.5. The predicted octanol–water partition coefficient (Wildman–Crippen LogP) is 5.83. The minimum absolute atomic E-state index is 0.476. The molecule has 0 amide bonds. The Morgan fingerprint density at radius 1 is 0.895 bits per heavy atom. The highest BCUT2D eigenvalue weighted by atomic mass is 32.1. The molecule has 0 aromatic rings. The van der Waals surface area contributed by atoms with Crippen LogP contribution in [-0.4, -0.2) is 21.8 Å². The van der Waals surface area contributed by atoms with Crippen molar-refractivity contribution >= 4 is 29.2 Å². The van der Waals surface area contributed by atoms with Crippen molar-refractivity contribution in [3.05, 3.63) is 0 Å². The fourth-order valence-electron chi connectivity index (χ4n) is 2.34. The molecule has 3 heteroatoms. The molecular formula is C16H33NS2. The Hall–Kier alpha value is 0.240. The average molecular weight is 304 g/mol. The first-order chi connectivity index (χ1) is 9.09. The van der Waals surface area contributed by atoms with Crippen molar-refractivity contribution < 1.29 is 0 Å². The SMILES string of the molecule is CCCCCCCCCCCCN(C(=S)S)C(C)C. The Morgan fingerprint density at radius 3 is 1.68 bits per heavy atom. The van der Waals surface area contributed by atoms with Crippen LogP contribution >= 0.6 is 24.8 Å². The zero-order valence-corrected chi connectivity index (χ0v) is 14.9. The lowest BCUT2D eigenvalue weighted by molar-refractivity contribution is 0.349. The van der Waals surface area contributed by atoms with Crippen LogP contribution in [0.15, 0.2) is 0 Å². The summed E-state index contributed by atoms with van der Waals surface area (Å²) in [5, 5.41) is 0. The van der Waals surface area contributed by atoms with Crippen LogP contribution in [-0.2, 0) is 0 Å². The maximum atomic E-state index is 5.15. The van der Waals surface area contributed by atoms with E-state index in [0.717, 1.165) is 10.9 Å². The molecule has 0 bridgehead atoms. The Bertz CT molecular complexity index is 217. The van der Waals surface area contributed by atoms with Gasteiger partial charge in [-0.15, -0.1) is 12.6 Å². The first-order valence-corrected chi connectivity index (χ1v) is 8.94. The quantitative estimate of drug-likeness (QED) is 0.274. The van der Waals surface area contributed by atoms with E-state index in [1.54, 1.807) is 0 Å². The summed E-state index contributed by atoms with van der Waals surface area (Å²) in [4.78, 5) is 2.21. The lowest BCUT2D eigenvalue weighted by atomic mass is 10.1. The van der Waals surface area contributed by atoms with Gasteiger partial charge >= 0.3 is 0 Å². The second-order valence-corrected chi connectivity index (χ2v) is 6.86. The van der Waals surface area contributed by atoms with Gasteiger partial charge in [0.25, 0.3) is 0 Å². The molecule has 0 fully saturated rings. The van der Waals surface area contributed by atoms with E-state index in [1.807, 2.05) is 0 Å². The third-order valence-corrected chi connectivity index (χ3v) is 4.11. The summed E-state index contributed by atoms with van der Waals surface area (Å²) in [6.45, 7) is 7.70. The normalized spacial score (nSPS) is 11.0. The maximum absolute atomic E-state index is 5.15. The fourth-order valence-corrected chi connectivity index (χ4v) is 2.98. The van der Waals surface area contributed by atoms with E-state index in [1.165, 1.54) is 64.2 Å². The standard InChI is InChI=1S/C16H33NS2/c1-4-5-6-7-8-9-10-11-12-13-14-17(15(2)3)16(18)19/h15H,4-14H2,1-3H3,(H,18,19). The van der Waals surface area contributed by atoms with Crippen molar-refractivity contribution in [1.29, 1.82) is 0 Å². The molecule has 0 heterocycles. The van der Waals surface area contributed by atoms with Gasteiger partial charge in [-0.1, -0.05) is 76.9 Å². The lowest BCUT2D eigenvalue weighted by Gasteiger charge is -2.26. The van der Waals surface area contributed by atoms with Crippen LogP contribution in [0, 0.1) is 0 Å². The minimum atomic E-state index is 0.476. The maximum Gasteiger partial charge on any atom is 0.133 e. The van der Waals surface area contributed by atoms with E-state index in [2.05, 4.69) is 38.3 Å². The van der Waals surface area contributed by atoms with Crippen molar-refractivity contribution in [2.45, 2.75) is 91.0 Å². The highest BCUT2D eigenvalue weighted by molar-refractivity contribution is 8.10. The predicted molar refractivity (Wildman–Crippen MR) is 95.3 cm³/mol. The molecule has 0 saturated heterocycles. The van der Waals surface area contributed by atoms with Crippen molar-refractivity contribution in [2.24, 2.45) is 0 Å². The molecule has 0 atom stereocenters. The van der Waals surface area contributed by atoms with Crippen LogP contribution in [0.4, 0.5) is 0 Å². The fraction of sp³-hybridized carbons (Fsp3) is 0.938. The Kier molecular flexibility index (Phi) is 13.4. The Morgan fingerprint density at radius 2 is 1.32 bits per heavy atom. The molecule has 0 saturated carbocycles. The third-order valence-electron chi connectivity index (χ3n) is 3.62. The molecular weight excluding hydrogens is 270 g/mol. The van der Waals surface area contributed by atoms with Crippen molar-refractivity contribution in [1.82, 2.24) is 4.90 Å². The van der Waals surface area contributed by atoms with Crippen LogP contribution in [0.2, 0.25) is 0 Å². The molecule has 0 aromatic heterocycles. The summed E-state index contributed by atoms with van der Waals surface area (Å²) in [5.41, 5.74) is 0. The van der Waals surface area contributed by atoms with Crippen LogP contribution in [0.3, 0.4) is 0 Å². The van der Waals surface area contributed by atoms with Crippen molar-refractivity contribution in [3.8, 4) is 0 Å². The monoisotopic (exact) mass is 303 g/mol. The van der Waals surface area contributed by atoms with Gasteiger partial charge in [-0.05, 0) is 20.3 Å². The molecule has 0 unspecified atom stereocenters. The van der Waals surface area contributed by atoms with E-state index in [9.17, 15) is 0 Å². The van der Waals surface area contributed by atoms with E-state index < -0.39 is 0 Å². The van der Waals surface area contributed by atoms with Gasteiger partial charge in [0.05, 0.1) is 0 Å². The van der Waals surface area contributed by atoms with Gasteiger partial charge in [-0.3, -0.25) is 0 Å². The number of thiol groups is 1. The molecule has 0 aliphatic rings. The Balaban J connectivity index is 3.32. The summed E-state index contributed by atoms with van der Waals surface area (Å²) in [6.07, 6.45) is 13.8. The molecule has 19 heavy (non-hydrogen) atoms. The van der Waals surface area contributed by atoms with Gasteiger partial charge in [0.1, 0.15) is 4.32 Å². The van der Waals surface area contributed by atoms with Gasteiger partial charge in [-0.25, -0.2) is 0 Å². The number of hydrogen-bond donors (Lipinski definition) is 1. The summed E-state index contributed by atoms with van der Waals surface area (Å²) < 4.78 is 0.742. The highest BCUT2D eigenvalue weighted by Gasteiger charge is 2.09. The van der Waals surface area contributed by atoms with Crippen molar-refractivity contribution in [3.63, 3.8) is 0 Å². The first-order valence-electron chi connectivity index (χ1n) is 8.09. The topological polar surface area (TPSA) is 3.24 Å². The number of nitrogens with zero attached hydrogens (tertiary/aromatic N) is 1. The molecule has 0 aromatic carbocycles. The molecule has 114 valence electrons. The second kappa shape index (κ2) is 13.2. The summed E-state index contributed by atoms with van der Waals surface area (Å²) in [5.74, 6) is 0. The summed E-state index contributed by atoms with van der Waals surface area (Å²) in [7, 11) is 0. The van der Waals surface area contributed by atoms with E-state index in [-0.39, 0.29) is 0 Å².